The fourth-order valence-corrected chi connectivity index (χ4v) is 7.12. The lowest BCUT2D eigenvalue weighted by Gasteiger charge is -2.56. The van der Waals surface area contributed by atoms with E-state index in [2.05, 4.69) is 4.72 Å². The van der Waals surface area contributed by atoms with Crippen LogP contribution in [0.5, 0.6) is 0 Å². The number of hydrogen-bond donors (Lipinski definition) is 1. The van der Waals surface area contributed by atoms with Gasteiger partial charge in [-0.15, -0.1) is 0 Å². The fraction of sp³-hybridized carbons (Fsp3) is 0.545. The van der Waals surface area contributed by atoms with E-state index in [9.17, 15) is 8.42 Å². The molecule has 4 aliphatic rings. The molecule has 4 nitrogen and oxygen atoms in total. The summed E-state index contributed by atoms with van der Waals surface area (Å²) >= 11 is 0. The third kappa shape index (κ3) is 3.41. The molecule has 0 radical (unpaired) electrons. The van der Waals surface area contributed by atoms with Gasteiger partial charge in [0.05, 0.1) is 17.1 Å². The summed E-state index contributed by atoms with van der Waals surface area (Å²) in [7, 11) is -3.51. The molecule has 0 heterocycles. The number of rotatable bonds is 6. The van der Waals surface area contributed by atoms with E-state index in [0.717, 1.165) is 28.5 Å². The van der Waals surface area contributed by atoms with Crippen LogP contribution in [0.25, 0.3) is 10.8 Å². The molecule has 0 spiro atoms. The van der Waals surface area contributed by atoms with Crippen LogP contribution in [0.1, 0.15) is 38.5 Å². The van der Waals surface area contributed by atoms with Crippen molar-refractivity contribution < 1.29 is 13.2 Å². The van der Waals surface area contributed by atoms with Crippen LogP contribution < -0.4 is 4.72 Å². The molecule has 0 atom stereocenters. The summed E-state index contributed by atoms with van der Waals surface area (Å²) in [5, 5.41) is 1.98. The van der Waals surface area contributed by atoms with Crippen LogP contribution in [-0.2, 0) is 14.8 Å². The van der Waals surface area contributed by atoms with Gasteiger partial charge in [-0.05, 0) is 79.2 Å². The van der Waals surface area contributed by atoms with Gasteiger partial charge in [0.25, 0.3) is 0 Å². The van der Waals surface area contributed by atoms with Gasteiger partial charge in [-0.2, -0.15) is 0 Å². The number of fused-ring (bicyclic) bond motifs is 1. The Morgan fingerprint density at radius 2 is 1.56 bits per heavy atom. The maximum absolute atomic E-state index is 12.6. The number of ether oxygens (including phenoxy) is 1. The standard InChI is InChI=1S/C22H27NO3S/c24-27(25,21-6-5-19-3-1-2-4-20(19)12-21)23-7-8-26-22-13-16-9-17(14-22)11-18(10-16)15-22/h1-6,12,16-18,23H,7-11,13-15H2. The predicted octanol–water partition coefficient (Wildman–Crippen LogP) is 4.10. The van der Waals surface area contributed by atoms with Gasteiger partial charge in [0, 0.05) is 6.54 Å². The minimum Gasteiger partial charge on any atom is -0.374 e. The first kappa shape index (κ1) is 17.7. The number of hydrogen-bond acceptors (Lipinski definition) is 3. The van der Waals surface area contributed by atoms with E-state index in [4.69, 9.17) is 4.74 Å². The Balaban J connectivity index is 1.21. The van der Waals surface area contributed by atoms with Crippen LogP contribution >= 0.6 is 0 Å². The van der Waals surface area contributed by atoms with Gasteiger partial charge >= 0.3 is 0 Å². The summed E-state index contributed by atoms with van der Waals surface area (Å²) in [4.78, 5) is 0.316. The number of sulfonamides is 1. The zero-order valence-electron chi connectivity index (χ0n) is 15.6. The zero-order chi connectivity index (χ0) is 18.5. The van der Waals surface area contributed by atoms with E-state index in [1.807, 2.05) is 30.3 Å². The Labute approximate surface area is 161 Å². The highest BCUT2D eigenvalue weighted by Gasteiger charge is 2.51. The van der Waals surface area contributed by atoms with Crippen molar-refractivity contribution in [2.45, 2.75) is 49.0 Å². The summed E-state index contributed by atoms with van der Waals surface area (Å²) in [6.45, 7) is 0.788. The highest BCUT2D eigenvalue weighted by Crippen LogP contribution is 2.57. The molecule has 0 saturated heterocycles. The Bertz CT molecular complexity index is 918. The summed E-state index contributed by atoms with van der Waals surface area (Å²) < 4.78 is 34.3. The quantitative estimate of drug-likeness (QED) is 0.762. The molecule has 2 aromatic rings. The Hall–Kier alpha value is -1.43. The van der Waals surface area contributed by atoms with Crippen molar-refractivity contribution in [2.75, 3.05) is 13.2 Å². The average Bonchev–Trinajstić information content (AvgIpc) is 2.64. The van der Waals surface area contributed by atoms with Gasteiger partial charge in [0.1, 0.15) is 0 Å². The Morgan fingerprint density at radius 3 is 2.22 bits per heavy atom. The van der Waals surface area contributed by atoms with E-state index >= 15 is 0 Å². The first-order valence-corrected chi connectivity index (χ1v) is 11.6. The third-order valence-corrected chi connectivity index (χ3v) is 8.27. The number of benzene rings is 2. The van der Waals surface area contributed by atoms with Gasteiger partial charge in [0.15, 0.2) is 0 Å². The molecule has 4 aliphatic carbocycles. The van der Waals surface area contributed by atoms with Crippen LogP contribution in [0.3, 0.4) is 0 Å². The van der Waals surface area contributed by atoms with E-state index in [0.29, 0.717) is 18.0 Å². The van der Waals surface area contributed by atoms with Crippen molar-refractivity contribution in [3.8, 4) is 0 Å². The molecule has 0 amide bonds. The monoisotopic (exact) mass is 385 g/mol. The van der Waals surface area contributed by atoms with Crippen molar-refractivity contribution in [1.82, 2.24) is 4.72 Å². The van der Waals surface area contributed by atoms with Crippen molar-refractivity contribution in [2.24, 2.45) is 17.8 Å². The summed E-state index contributed by atoms with van der Waals surface area (Å²) in [5.74, 6) is 2.52. The lowest BCUT2D eigenvalue weighted by molar-refractivity contribution is -0.160. The van der Waals surface area contributed by atoms with E-state index in [-0.39, 0.29) is 5.60 Å². The molecule has 4 saturated carbocycles. The summed E-state index contributed by atoms with van der Waals surface area (Å²) in [6, 6.07) is 13.1. The second-order valence-electron chi connectivity index (χ2n) is 8.86. The van der Waals surface area contributed by atoms with Crippen LogP contribution in [0.15, 0.2) is 47.4 Å². The molecule has 4 fully saturated rings. The van der Waals surface area contributed by atoms with Gasteiger partial charge in [-0.25, -0.2) is 13.1 Å². The molecule has 27 heavy (non-hydrogen) atoms. The molecular formula is C22H27NO3S. The highest BCUT2D eigenvalue weighted by atomic mass is 32.2. The molecule has 0 aromatic heterocycles. The molecule has 0 aliphatic heterocycles. The normalized spacial score (nSPS) is 32.2. The molecule has 0 unspecified atom stereocenters. The van der Waals surface area contributed by atoms with Crippen LogP contribution in [0, 0.1) is 17.8 Å². The fourth-order valence-electron chi connectivity index (χ4n) is 6.07. The maximum Gasteiger partial charge on any atom is 0.240 e. The molecule has 1 N–H and O–H groups in total. The topological polar surface area (TPSA) is 55.4 Å². The van der Waals surface area contributed by atoms with Crippen LogP contribution in [0.4, 0.5) is 0 Å². The lowest BCUT2D eigenvalue weighted by atomic mass is 9.54. The minimum absolute atomic E-state index is 0.0309. The van der Waals surface area contributed by atoms with Gasteiger partial charge < -0.3 is 4.74 Å². The average molecular weight is 386 g/mol. The molecule has 6 rings (SSSR count). The van der Waals surface area contributed by atoms with Gasteiger partial charge in [-0.3, -0.25) is 0 Å². The largest absolute Gasteiger partial charge is 0.374 e. The predicted molar refractivity (Wildman–Crippen MR) is 106 cm³/mol. The Kier molecular flexibility index (Phi) is 4.30. The van der Waals surface area contributed by atoms with Crippen LogP contribution in [0.2, 0.25) is 0 Å². The lowest BCUT2D eigenvalue weighted by Crippen LogP contribution is -2.52. The summed E-state index contributed by atoms with van der Waals surface area (Å²) in [6.07, 6.45) is 7.69. The van der Waals surface area contributed by atoms with Gasteiger partial charge in [-0.1, -0.05) is 30.3 Å². The first-order chi connectivity index (χ1) is 13.0. The summed E-state index contributed by atoms with van der Waals surface area (Å²) in [5.41, 5.74) is 0.0309. The number of nitrogens with one attached hydrogen (secondary N) is 1. The molecule has 2 aromatic carbocycles. The second-order valence-corrected chi connectivity index (χ2v) is 10.6. The molecule has 144 valence electrons. The molecule has 4 bridgehead atoms. The smallest absolute Gasteiger partial charge is 0.240 e. The SMILES string of the molecule is O=S(=O)(NCCOC12CC3CC(CC(C3)C1)C2)c1ccc2ccccc2c1. The van der Waals surface area contributed by atoms with E-state index < -0.39 is 10.0 Å². The maximum atomic E-state index is 12.6. The van der Waals surface area contributed by atoms with Crippen molar-refractivity contribution in [3.63, 3.8) is 0 Å². The van der Waals surface area contributed by atoms with E-state index in [1.54, 1.807) is 12.1 Å². The highest BCUT2D eigenvalue weighted by molar-refractivity contribution is 7.89. The van der Waals surface area contributed by atoms with Crippen molar-refractivity contribution in [1.29, 1.82) is 0 Å². The zero-order valence-corrected chi connectivity index (χ0v) is 16.4. The molecular weight excluding hydrogens is 358 g/mol. The van der Waals surface area contributed by atoms with Crippen LogP contribution in [-0.4, -0.2) is 27.2 Å². The first-order valence-electron chi connectivity index (χ1n) is 10.1. The van der Waals surface area contributed by atoms with Crippen molar-refractivity contribution >= 4 is 20.8 Å². The minimum atomic E-state index is -3.51. The third-order valence-electron chi connectivity index (χ3n) is 6.82. The second kappa shape index (κ2) is 6.57. The van der Waals surface area contributed by atoms with Gasteiger partial charge in [0.2, 0.25) is 10.0 Å². The van der Waals surface area contributed by atoms with Crippen molar-refractivity contribution in [3.05, 3.63) is 42.5 Å². The van der Waals surface area contributed by atoms with E-state index in [1.165, 1.54) is 38.5 Å². The Morgan fingerprint density at radius 1 is 0.926 bits per heavy atom. The molecule has 5 heteroatoms.